The van der Waals surface area contributed by atoms with Crippen molar-refractivity contribution in [2.75, 3.05) is 0 Å². The van der Waals surface area contributed by atoms with Gasteiger partial charge in [-0.05, 0) is 6.92 Å². The molecule has 0 saturated heterocycles. The molecule has 1 aromatic rings. The Morgan fingerprint density at radius 1 is 1.67 bits per heavy atom. The van der Waals surface area contributed by atoms with Crippen LogP contribution in [0.15, 0.2) is 12.4 Å². The van der Waals surface area contributed by atoms with Crippen LogP contribution in [0.1, 0.15) is 12.7 Å². The van der Waals surface area contributed by atoms with Gasteiger partial charge in [-0.15, -0.1) is 0 Å². The molecule has 1 atom stereocenters. The monoisotopic (exact) mass is 160 g/mol. The maximum absolute atomic E-state index is 8.58. The first kappa shape index (κ1) is 8.29. The van der Waals surface area contributed by atoms with Gasteiger partial charge in [-0.3, -0.25) is 0 Å². The van der Waals surface area contributed by atoms with Crippen molar-refractivity contribution in [3.63, 3.8) is 0 Å². The number of rotatable bonds is 2. The number of nitrogens with zero attached hydrogens (tertiary/aromatic N) is 4. The van der Waals surface area contributed by atoms with Gasteiger partial charge < -0.3 is 4.57 Å². The third-order valence-corrected chi connectivity index (χ3v) is 1.51. The van der Waals surface area contributed by atoms with Crippen LogP contribution in [0.25, 0.3) is 0 Å². The molecule has 0 bridgehead atoms. The van der Waals surface area contributed by atoms with E-state index < -0.39 is 0 Å². The zero-order valence-electron chi connectivity index (χ0n) is 6.73. The van der Waals surface area contributed by atoms with Crippen molar-refractivity contribution in [1.29, 1.82) is 10.5 Å². The van der Waals surface area contributed by atoms with Crippen LogP contribution >= 0.6 is 0 Å². The van der Waals surface area contributed by atoms with Crippen LogP contribution in [0.4, 0.5) is 0 Å². The lowest BCUT2D eigenvalue weighted by atomic mass is 10.2. The molecule has 0 aromatic carbocycles. The fraction of sp³-hybridized carbons (Fsp3) is 0.375. The number of hydrogen-bond donors (Lipinski definition) is 0. The van der Waals surface area contributed by atoms with Gasteiger partial charge >= 0.3 is 0 Å². The molecule has 0 aliphatic carbocycles. The van der Waals surface area contributed by atoms with Crippen LogP contribution in [-0.4, -0.2) is 9.55 Å². The van der Waals surface area contributed by atoms with Gasteiger partial charge in [-0.25, -0.2) is 4.98 Å². The van der Waals surface area contributed by atoms with Gasteiger partial charge in [0.05, 0.1) is 12.0 Å². The number of aromatic nitrogens is 2. The maximum Gasteiger partial charge on any atom is 0.212 e. The molecule has 0 aliphatic heterocycles. The highest BCUT2D eigenvalue weighted by Gasteiger charge is 2.04. The molecular formula is C8H8N4. The van der Waals surface area contributed by atoms with Gasteiger partial charge in [0.2, 0.25) is 5.82 Å². The molecule has 0 amide bonds. The van der Waals surface area contributed by atoms with Crippen LogP contribution in [-0.2, 0) is 6.54 Å². The molecule has 12 heavy (non-hydrogen) atoms. The van der Waals surface area contributed by atoms with Crippen molar-refractivity contribution in [3.8, 4) is 12.1 Å². The van der Waals surface area contributed by atoms with E-state index in [1.165, 1.54) is 0 Å². The van der Waals surface area contributed by atoms with Gasteiger partial charge in [0.1, 0.15) is 6.07 Å². The minimum atomic E-state index is -0.0914. The fourth-order valence-corrected chi connectivity index (χ4v) is 0.905. The Labute approximate surface area is 70.7 Å². The smallest absolute Gasteiger partial charge is 0.212 e. The molecule has 0 aliphatic rings. The molecule has 1 unspecified atom stereocenters. The SMILES string of the molecule is CC(C#N)Cn1ccnc1C#N. The highest BCUT2D eigenvalue weighted by Crippen LogP contribution is 2.01. The van der Waals surface area contributed by atoms with Crippen molar-refractivity contribution >= 4 is 0 Å². The van der Waals surface area contributed by atoms with E-state index in [1.54, 1.807) is 23.9 Å². The van der Waals surface area contributed by atoms with Crippen LogP contribution in [0.3, 0.4) is 0 Å². The maximum atomic E-state index is 8.58. The van der Waals surface area contributed by atoms with E-state index in [9.17, 15) is 0 Å². The van der Waals surface area contributed by atoms with Crippen LogP contribution < -0.4 is 0 Å². The highest BCUT2D eigenvalue weighted by atomic mass is 15.1. The number of hydrogen-bond acceptors (Lipinski definition) is 3. The summed E-state index contributed by atoms with van der Waals surface area (Å²) >= 11 is 0. The van der Waals surface area contributed by atoms with Gasteiger partial charge in [0.25, 0.3) is 0 Å². The summed E-state index contributed by atoms with van der Waals surface area (Å²) in [6.07, 6.45) is 3.26. The van der Waals surface area contributed by atoms with Gasteiger partial charge in [-0.1, -0.05) is 0 Å². The van der Waals surface area contributed by atoms with Gasteiger partial charge in [0.15, 0.2) is 0 Å². The Bertz CT molecular complexity index is 339. The summed E-state index contributed by atoms with van der Waals surface area (Å²) in [5.41, 5.74) is 0. The molecule has 4 nitrogen and oxygen atoms in total. The summed E-state index contributed by atoms with van der Waals surface area (Å²) in [6, 6.07) is 4.04. The van der Waals surface area contributed by atoms with E-state index in [-0.39, 0.29) is 5.92 Å². The van der Waals surface area contributed by atoms with E-state index in [2.05, 4.69) is 11.1 Å². The average molecular weight is 160 g/mol. The Balaban J connectivity index is 2.78. The van der Waals surface area contributed by atoms with Crippen molar-refractivity contribution in [3.05, 3.63) is 18.2 Å². The summed E-state index contributed by atoms with van der Waals surface area (Å²) in [5.74, 6) is 0.267. The number of imidazole rings is 1. The molecule has 0 N–H and O–H groups in total. The van der Waals surface area contributed by atoms with E-state index in [0.717, 1.165) is 0 Å². The van der Waals surface area contributed by atoms with Gasteiger partial charge in [0, 0.05) is 18.9 Å². The first-order valence-corrected chi connectivity index (χ1v) is 3.58. The predicted molar refractivity (Wildman–Crippen MR) is 41.7 cm³/mol. The van der Waals surface area contributed by atoms with Crippen molar-refractivity contribution in [1.82, 2.24) is 9.55 Å². The lowest BCUT2D eigenvalue weighted by molar-refractivity contribution is 0.574. The molecule has 0 spiro atoms. The summed E-state index contributed by atoms with van der Waals surface area (Å²) < 4.78 is 1.67. The lowest BCUT2D eigenvalue weighted by Gasteiger charge is -2.03. The second kappa shape index (κ2) is 3.54. The summed E-state index contributed by atoms with van der Waals surface area (Å²) in [5, 5.41) is 17.1. The first-order valence-electron chi connectivity index (χ1n) is 3.58. The van der Waals surface area contributed by atoms with Crippen molar-refractivity contribution in [2.24, 2.45) is 5.92 Å². The molecule has 4 heteroatoms. The predicted octanol–water partition coefficient (Wildman–Crippen LogP) is 0.914. The van der Waals surface area contributed by atoms with Gasteiger partial charge in [-0.2, -0.15) is 10.5 Å². The molecule has 60 valence electrons. The third-order valence-electron chi connectivity index (χ3n) is 1.51. The van der Waals surface area contributed by atoms with E-state index >= 15 is 0 Å². The second-order valence-electron chi connectivity index (χ2n) is 2.55. The van der Waals surface area contributed by atoms with Crippen molar-refractivity contribution in [2.45, 2.75) is 13.5 Å². The first-order chi connectivity index (χ1) is 5.77. The Kier molecular flexibility index (Phi) is 2.45. The quantitative estimate of drug-likeness (QED) is 0.646. The van der Waals surface area contributed by atoms with Crippen molar-refractivity contribution < 1.29 is 0 Å². The summed E-state index contributed by atoms with van der Waals surface area (Å²) in [6.45, 7) is 2.33. The zero-order chi connectivity index (χ0) is 8.97. The molecule has 0 radical (unpaired) electrons. The normalized spacial score (nSPS) is 11.6. The Morgan fingerprint density at radius 3 is 3.00 bits per heavy atom. The van der Waals surface area contributed by atoms with E-state index in [1.807, 2.05) is 6.07 Å². The molecule has 0 fully saturated rings. The van der Waals surface area contributed by atoms with Crippen LogP contribution in [0, 0.1) is 28.6 Å². The number of nitriles is 2. The standard InChI is InChI=1S/C8H8N4/c1-7(4-9)6-12-3-2-11-8(12)5-10/h2-3,7H,6H2,1H3. The zero-order valence-corrected chi connectivity index (χ0v) is 6.73. The van der Waals surface area contributed by atoms with Crippen LogP contribution in [0.2, 0.25) is 0 Å². The topological polar surface area (TPSA) is 65.4 Å². The average Bonchev–Trinajstić information content (AvgIpc) is 2.51. The lowest BCUT2D eigenvalue weighted by Crippen LogP contribution is -2.06. The fourth-order valence-electron chi connectivity index (χ4n) is 0.905. The molecular weight excluding hydrogens is 152 g/mol. The van der Waals surface area contributed by atoms with E-state index in [4.69, 9.17) is 10.5 Å². The Morgan fingerprint density at radius 2 is 2.42 bits per heavy atom. The second-order valence-corrected chi connectivity index (χ2v) is 2.55. The largest absolute Gasteiger partial charge is 0.321 e. The molecule has 1 aromatic heterocycles. The molecule has 0 saturated carbocycles. The molecule has 1 heterocycles. The highest BCUT2D eigenvalue weighted by molar-refractivity contribution is 5.11. The van der Waals surface area contributed by atoms with Crippen LogP contribution in [0.5, 0.6) is 0 Å². The Hall–Kier alpha value is -1.81. The summed E-state index contributed by atoms with van der Waals surface area (Å²) in [7, 11) is 0. The molecule has 1 rings (SSSR count). The third kappa shape index (κ3) is 1.62. The minimum Gasteiger partial charge on any atom is -0.321 e. The minimum absolute atomic E-state index is 0.0914. The van der Waals surface area contributed by atoms with E-state index in [0.29, 0.717) is 12.4 Å². The summed E-state index contributed by atoms with van der Waals surface area (Å²) in [4.78, 5) is 3.81.